The number of nitrogens with one attached hydrogen (secondary N) is 2. The summed E-state index contributed by atoms with van der Waals surface area (Å²) < 4.78 is 26.6. The van der Waals surface area contributed by atoms with Crippen molar-refractivity contribution in [2.24, 2.45) is 0 Å². The molecule has 1 aliphatic rings. The SMILES string of the molecule is CNc1nnc(Cc2c3c(c(O[Si](C(C)C)(C(C)C)C(C)C)c4ncc(Cc5ccc(F)cc5)cc24)C(=O)NC3)o1. The van der Waals surface area contributed by atoms with Crippen LogP contribution >= 0.6 is 0 Å². The molecule has 0 saturated carbocycles. The highest BCUT2D eigenvalue weighted by atomic mass is 28.4. The van der Waals surface area contributed by atoms with Crippen LogP contribution in [0.15, 0.2) is 40.9 Å². The van der Waals surface area contributed by atoms with Crippen LogP contribution < -0.4 is 15.1 Å². The smallest absolute Gasteiger partial charge is 0.315 e. The minimum absolute atomic E-state index is 0.157. The average Bonchev–Trinajstić information content (AvgIpc) is 3.55. The van der Waals surface area contributed by atoms with Gasteiger partial charge in [0.15, 0.2) is 0 Å². The number of halogens is 1. The summed E-state index contributed by atoms with van der Waals surface area (Å²) in [4.78, 5) is 18.4. The fourth-order valence-corrected chi connectivity index (χ4v) is 11.8. The Balaban J connectivity index is 1.74. The van der Waals surface area contributed by atoms with Gasteiger partial charge in [0.05, 0.1) is 12.0 Å². The summed E-state index contributed by atoms with van der Waals surface area (Å²) in [5.74, 6) is 0.586. The lowest BCUT2D eigenvalue weighted by Crippen LogP contribution is -2.51. The van der Waals surface area contributed by atoms with Gasteiger partial charge in [-0.25, -0.2) is 4.39 Å². The van der Waals surface area contributed by atoms with E-state index in [-0.39, 0.29) is 11.7 Å². The Morgan fingerprint density at radius 2 is 1.71 bits per heavy atom. The Hall–Kier alpha value is -3.79. The van der Waals surface area contributed by atoms with Crippen LogP contribution in [-0.4, -0.2) is 36.5 Å². The number of anilines is 1. The highest BCUT2D eigenvalue weighted by molar-refractivity contribution is 6.78. The van der Waals surface area contributed by atoms with Crippen LogP contribution in [0.4, 0.5) is 10.4 Å². The fourth-order valence-electron chi connectivity index (χ4n) is 6.52. The molecular formula is C31H38FN5O3Si. The normalized spacial score (nSPS) is 13.4. The lowest BCUT2D eigenvalue weighted by atomic mass is 9.93. The van der Waals surface area contributed by atoms with Gasteiger partial charge in [0.1, 0.15) is 17.1 Å². The molecule has 0 bridgehead atoms. The molecule has 1 aliphatic heterocycles. The van der Waals surface area contributed by atoms with E-state index in [1.54, 1.807) is 19.2 Å². The number of carbonyl (C=O) groups is 1. The molecule has 0 saturated heterocycles. The van der Waals surface area contributed by atoms with Crippen molar-refractivity contribution >= 4 is 31.1 Å². The van der Waals surface area contributed by atoms with Crippen LogP contribution in [0, 0.1) is 5.82 Å². The summed E-state index contributed by atoms with van der Waals surface area (Å²) in [7, 11) is -0.714. The molecule has 4 aromatic rings. The Kier molecular flexibility index (Phi) is 7.87. The molecule has 0 spiro atoms. The van der Waals surface area contributed by atoms with Gasteiger partial charge >= 0.3 is 6.01 Å². The summed E-state index contributed by atoms with van der Waals surface area (Å²) in [5.41, 5.74) is 5.88. The molecule has 2 aromatic carbocycles. The van der Waals surface area contributed by atoms with E-state index >= 15 is 0 Å². The third kappa shape index (κ3) is 5.21. The molecule has 2 N–H and O–H groups in total. The van der Waals surface area contributed by atoms with Crippen LogP contribution in [-0.2, 0) is 19.4 Å². The molecule has 0 fully saturated rings. The number of hydrogen-bond donors (Lipinski definition) is 2. The van der Waals surface area contributed by atoms with Crippen molar-refractivity contribution in [3.05, 3.63) is 76.1 Å². The maximum absolute atomic E-state index is 13.5. The quantitative estimate of drug-likeness (QED) is 0.201. The minimum Gasteiger partial charge on any atom is -0.541 e. The number of hydrogen-bond acceptors (Lipinski definition) is 7. The lowest BCUT2D eigenvalue weighted by molar-refractivity contribution is 0.0964. The van der Waals surface area contributed by atoms with Gasteiger partial charge in [0.25, 0.3) is 14.2 Å². The topological polar surface area (TPSA) is 102 Å². The van der Waals surface area contributed by atoms with Crippen molar-refractivity contribution in [2.75, 3.05) is 12.4 Å². The second-order valence-electron chi connectivity index (χ2n) is 11.7. The van der Waals surface area contributed by atoms with Crippen molar-refractivity contribution in [3.63, 3.8) is 0 Å². The Morgan fingerprint density at radius 1 is 1.02 bits per heavy atom. The number of rotatable bonds is 10. The largest absolute Gasteiger partial charge is 0.541 e. The van der Waals surface area contributed by atoms with Crippen LogP contribution in [0.1, 0.15) is 80.0 Å². The van der Waals surface area contributed by atoms with Gasteiger partial charge in [0, 0.05) is 25.2 Å². The van der Waals surface area contributed by atoms with Crippen LogP contribution in [0.25, 0.3) is 10.9 Å². The van der Waals surface area contributed by atoms with Crippen molar-refractivity contribution in [1.29, 1.82) is 0 Å². The summed E-state index contributed by atoms with van der Waals surface area (Å²) in [6, 6.07) is 8.93. The van der Waals surface area contributed by atoms with E-state index in [0.717, 1.165) is 27.6 Å². The van der Waals surface area contributed by atoms with E-state index < -0.39 is 8.32 Å². The molecule has 8 nitrogen and oxygen atoms in total. The molecule has 10 heteroatoms. The molecule has 0 atom stereocenters. The minimum atomic E-state index is -2.44. The number of benzene rings is 2. The molecule has 41 heavy (non-hydrogen) atoms. The molecule has 5 rings (SSSR count). The summed E-state index contributed by atoms with van der Waals surface area (Å²) in [5, 5.41) is 15.1. The zero-order valence-electron chi connectivity index (χ0n) is 24.8. The first-order valence-electron chi connectivity index (χ1n) is 14.2. The molecular weight excluding hydrogens is 537 g/mol. The van der Waals surface area contributed by atoms with Crippen LogP contribution in [0.3, 0.4) is 0 Å². The first-order chi connectivity index (χ1) is 19.5. The van der Waals surface area contributed by atoms with Gasteiger partial charge < -0.3 is 19.5 Å². The maximum Gasteiger partial charge on any atom is 0.315 e. The van der Waals surface area contributed by atoms with Gasteiger partial charge in [-0.1, -0.05) is 58.8 Å². The summed E-state index contributed by atoms with van der Waals surface area (Å²) in [6.45, 7) is 13.8. The second kappa shape index (κ2) is 11.2. The first kappa shape index (κ1) is 28.7. The van der Waals surface area contributed by atoms with Gasteiger partial charge in [-0.3, -0.25) is 9.78 Å². The third-order valence-corrected chi connectivity index (χ3v) is 14.3. The van der Waals surface area contributed by atoms with Crippen LogP contribution in [0.2, 0.25) is 16.6 Å². The van der Waals surface area contributed by atoms with Crippen molar-refractivity contribution in [1.82, 2.24) is 20.5 Å². The first-order valence-corrected chi connectivity index (χ1v) is 16.4. The highest BCUT2D eigenvalue weighted by Gasteiger charge is 2.48. The van der Waals surface area contributed by atoms with Crippen LogP contribution in [0.5, 0.6) is 5.75 Å². The molecule has 2 aromatic heterocycles. The molecule has 1 amide bonds. The summed E-state index contributed by atoms with van der Waals surface area (Å²) >= 11 is 0. The van der Waals surface area contributed by atoms with Gasteiger partial charge in [-0.15, -0.1) is 5.10 Å². The van der Waals surface area contributed by atoms with E-state index in [4.69, 9.17) is 13.8 Å². The molecule has 0 unspecified atom stereocenters. The predicted molar refractivity (Wildman–Crippen MR) is 160 cm³/mol. The number of aromatic nitrogens is 3. The Labute approximate surface area is 241 Å². The zero-order chi connectivity index (χ0) is 29.5. The van der Waals surface area contributed by atoms with Crippen molar-refractivity contribution in [3.8, 4) is 5.75 Å². The molecule has 0 aliphatic carbocycles. The highest BCUT2D eigenvalue weighted by Crippen LogP contribution is 2.47. The fraction of sp³-hybridized carbons (Fsp3) is 0.419. The van der Waals surface area contributed by atoms with Crippen molar-refractivity contribution in [2.45, 2.75) is 77.6 Å². The number of fused-ring (bicyclic) bond motifs is 2. The average molecular weight is 576 g/mol. The van der Waals surface area contributed by atoms with E-state index in [1.165, 1.54) is 12.1 Å². The van der Waals surface area contributed by atoms with E-state index in [0.29, 0.717) is 64.7 Å². The monoisotopic (exact) mass is 575 g/mol. The lowest BCUT2D eigenvalue weighted by Gasteiger charge is -2.42. The third-order valence-electron chi connectivity index (χ3n) is 8.35. The predicted octanol–water partition coefficient (Wildman–Crippen LogP) is 6.78. The molecule has 0 radical (unpaired) electrons. The van der Waals surface area contributed by atoms with Gasteiger partial charge in [-0.2, -0.15) is 0 Å². The van der Waals surface area contributed by atoms with Crippen molar-refractivity contribution < 1.29 is 18.0 Å². The van der Waals surface area contributed by atoms with Gasteiger partial charge in [0.2, 0.25) is 5.89 Å². The second-order valence-corrected chi connectivity index (χ2v) is 17.1. The summed E-state index contributed by atoms with van der Waals surface area (Å²) in [6.07, 6.45) is 2.75. The Morgan fingerprint density at radius 3 is 2.32 bits per heavy atom. The number of nitrogens with zero attached hydrogens (tertiary/aromatic N) is 3. The van der Waals surface area contributed by atoms with E-state index in [2.05, 4.69) is 68.4 Å². The molecule has 3 heterocycles. The maximum atomic E-state index is 13.5. The number of amides is 1. The zero-order valence-corrected chi connectivity index (χ0v) is 25.8. The number of pyridine rings is 1. The van der Waals surface area contributed by atoms with E-state index in [9.17, 15) is 9.18 Å². The number of carbonyl (C=O) groups excluding carboxylic acids is 1. The molecule has 216 valence electrons. The van der Waals surface area contributed by atoms with E-state index in [1.807, 2.05) is 6.20 Å². The standard InChI is InChI=1S/C31H38FN5O3Si/c1-17(2)41(18(3)4,19(5)6)40-29-27-25(16-35-30(27)38)23(14-26-36-37-31(33-7)39-26)24-13-21(15-34-28(24)29)12-20-8-10-22(32)11-9-20/h8-11,13,15,17-19H,12,14,16H2,1-7H3,(H,33,37)(H,35,38). The van der Waals surface area contributed by atoms with Gasteiger partial charge in [-0.05, 0) is 63.5 Å². The Bertz CT molecular complexity index is 1560.